The Hall–Kier alpha value is -0.480. The van der Waals surface area contributed by atoms with Crippen molar-refractivity contribution in [3.63, 3.8) is 0 Å². The van der Waals surface area contributed by atoms with E-state index in [1.54, 1.807) is 0 Å². The molecule has 2 fully saturated rings. The molecule has 2 aliphatic carbocycles. The number of fused-ring (bicyclic) bond motifs is 1. The van der Waals surface area contributed by atoms with Crippen LogP contribution in [0.4, 0.5) is 0 Å². The lowest BCUT2D eigenvalue weighted by atomic mass is 10.2. The summed E-state index contributed by atoms with van der Waals surface area (Å²) in [6, 6.07) is 0.770. The summed E-state index contributed by atoms with van der Waals surface area (Å²) in [6.07, 6.45) is 4.28. The van der Waals surface area contributed by atoms with Gasteiger partial charge in [-0.1, -0.05) is 4.49 Å². The summed E-state index contributed by atoms with van der Waals surface area (Å²) in [4.78, 5) is 0. The first-order valence-corrected chi connectivity index (χ1v) is 5.76. The van der Waals surface area contributed by atoms with Gasteiger partial charge in [-0.3, -0.25) is 0 Å². The smallest absolute Gasteiger partial charge is 0.0893 e. The lowest BCUT2D eigenvalue weighted by molar-refractivity contribution is 0.471. The first-order chi connectivity index (χ1) is 6.43. The highest BCUT2D eigenvalue weighted by molar-refractivity contribution is 7.03. The predicted molar refractivity (Wildman–Crippen MR) is 51.4 cm³/mol. The third-order valence-corrected chi connectivity index (χ3v) is 3.85. The van der Waals surface area contributed by atoms with Crippen LogP contribution < -0.4 is 5.32 Å². The summed E-state index contributed by atoms with van der Waals surface area (Å²) in [5, 5.41) is 9.62. The van der Waals surface area contributed by atoms with Crippen molar-refractivity contribution in [1.29, 1.82) is 0 Å². The van der Waals surface area contributed by atoms with E-state index in [-0.39, 0.29) is 0 Å². The number of nitrogens with one attached hydrogen (secondary N) is 1. The Morgan fingerprint density at radius 2 is 2.54 bits per heavy atom. The highest BCUT2D eigenvalue weighted by Gasteiger charge is 2.47. The van der Waals surface area contributed by atoms with E-state index in [2.05, 4.69) is 14.9 Å². The molecule has 2 aliphatic rings. The van der Waals surface area contributed by atoms with Gasteiger partial charge in [-0.25, -0.2) is 0 Å². The molecule has 2 saturated carbocycles. The van der Waals surface area contributed by atoms with Crippen LogP contribution in [0.5, 0.6) is 0 Å². The zero-order valence-corrected chi connectivity index (χ0v) is 8.26. The van der Waals surface area contributed by atoms with E-state index in [9.17, 15) is 0 Å². The van der Waals surface area contributed by atoms with E-state index in [1.807, 2.05) is 5.38 Å². The number of hydrogen-bond acceptors (Lipinski definition) is 4. The van der Waals surface area contributed by atoms with Gasteiger partial charge < -0.3 is 5.32 Å². The van der Waals surface area contributed by atoms with Crippen LogP contribution in [0.25, 0.3) is 0 Å². The molecule has 13 heavy (non-hydrogen) atoms. The van der Waals surface area contributed by atoms with Crippen molar-refractivity contribution in [2.45, 2.75) is 31.8 Å². The lowest BCUT2D eigenvalue weighted by Crippen LogP contribution is -2.28. The molecule has 1 aromatic heterocycles. The molecule has 0 amide bonds. The van der Waals surface area contributed by atoms with Crippen molar-refractivity contribution in [3.8, 4) is 0 Å². The largest absolute Gasteiger partial charge is 0.308 e. The van der Waals surface area contributed by atoms with Gasteiger partial charge in [0.05, 0.1) is 5.69 Å². The van der Waals surface area contributed by atoms with Crippen LogP contribution in [-0.2, 0) is 6.54 Å². The number of rotatable bonds is 3. The summed E-state index contributed by atoms with van der Waals surface area (Å²) in [5.74, 6) is 2.05. The average Bonchev–Trinajstić information content (AvgIpc) is 2.64. The Bertz CT molecular complexity index is 285. The van der Waals surface area contributed by atoms with Crippen molar-refractivity contribution in [2.75, 3.05) is 0 Å². The number of hydrogen-bond donors (Lipinski definition) is 1. The molecule has 70 valence electrons. The monoisotopic (exact) mass is 195 g/mol. The molecule has 0 spiro atoms. The maximum absolute atomic E-state index is 4.02. The standard InChI is InChI=1S/C9H13N3S/c1-2-9(8-3-6(1)8)10-4-7-5-13-12-11-7/h5-6,8-10H,1-4H2/t6-,8+,9?/m1/s1. The summed E-state index contributed by atoms with van der Waals surface area (Å²) < 4.78 is 3.85. The van der Waals surface area contributed by atoms with Gasteiger partial charge >= 0.3 is 0 Å². The van der Waals surface area contributed by atoms with Gasteiger partial charge in [-0.15, -0.1) is 5.10 Å². The van der Waals surface area contributed by atoms with Crippen molar-refractivity contribution >= 4 is 11.5 Å². The fraction of sp³-hybridized carbons (Fsp3) is 0.778. The molecule has 1 heterocycles. The van der Waals surface area contributed by atoms with Crippen LogP contribution in [-0.4, -0.2) is 15.6 Å². The van der Waals surface area contributed by atoms with E-state index in [0.29, 0.717) is 0 Å². The topological polar surface area (TPSA) is 37.8 Å². The highest BCUT2D eigenvalue weighted by atomic mass is 32.1. The Balaban J connectivity index is 1.53. The van der Waals surface area contributed by atoms with Gasteiger partial charge in [0.15, 0.2) is 0 Å². The van der Waals surface area contributed by atoms with Crippen LogP contribution in [0.3, 0.4) is 0 Å². The highest BCUT2D eigenvalue weighted by Crippen LogP contribution is 2.51. The van der Waals surface area contributed by atoms with Gasteiger partial charge in [0.25, 0.3) is 0 Å². The summed E-state index contributed by atoms with van der Waals surface area (Å²) >= 11 is 1.43. The van der Waals surface area contributed by atoms with Crippen LogP contribution >= 0.6 is 11.5 Å². The maximum atomic E-state index is 4.02. The molecule has 4 heteroatoms. The van der Waals surface area contributed by atoms with Gasteiger partial charge in [-0.2, -0.15) is 0 Å². The Morgan fingerprint density at radius 3 is 3.15 bits per heavy atom. The molecule has 0 saturated heterocycles. The van der Waals surface area contributed by atoms with Crippen molar-refractivity contribution in [3.05, 3.63) is 11.1 Å². The van der Waals surface area contributed by atoms with Crippen LogP contribution in [0.2, 0.25) is 0 Å². The molecule has 0 bridgehead atoms. The second-order valence-corrected chi connectivity index (χ2v) is 4.73. The summed E-state index contributed by atoms with van der Waals surface area (Å²) in [5.41, 5.74) is 1.09. The Morgan fingerprint density at radius 1 is 1.54 bits per heavy atom. The first-order valence-electron chi connectivity index (χ1n) is 4.93. The zero-order valence-electron chi connectivity index (χ0n) is 7.44. The van der Waals surface area contributed by atoms with E-state index in [0.717, 1.165) is 30.1 Å². The molecule has 3 nitrogen and oxygen atoms in total. The maximum Gasteiger partial charge on any atom is 0.0893 e. The Labute approximate surface area is 81.7 Å². The fourth-order valence-corrected chi connectivity index (χ4v) is 2.90. The van der Waals surface area contributed by atoms with Crippen LogP contribution in [0, 0.1) is 11.8 Å². The molecule has 0 radical (unpaired) electrons. The molecule has 0 aromatic carbocycles. The molecular weight excluding hydrogens is 182 g/mol. The van der Waals surface area contributed by atoms with Crippen molar-refractivity contribution < 1.29 is 0 Å². The Kier molecular flexibility index (Phi) is 1.84. The second kappa shape index (κ2) is 3.03. The summed E-state index contributed by atoms with van der Waals surface area (Å²) in [7, 11) is 0. The molecule has 1 N–H and O–H groups in total. The van der Waals surface area contributed by atoms with Gasteiger partial charge in [0.2, 0.25) is 0 Å². The van der Waals surface area contributed by atoms with E-state index < -0.39 is 0 Å². The normalized spacial score (nSPS) is 36.2. The van der Waals surface area contributed by atoms with E-state index in [4.69, 9.17) is 0 Å². The summed E-state index contributed by atoms with van der Waals surface area (Å²) in [6.45, 7) is 0.907. The van der Waals surface area contributed by atoms with Gasteiger partial charge in [0, 0.05) is 18.0 Å². The number of nitrogens with zero attached hydrogens (tertiary/aromatic N) is 2. The molecule has 1 aromatic rings. The molecule has 3 atom stereocenters. The quantitative estimate of drug-likeness (QED) is 0.792. The van der Waals surface area contributed by atoms with Gasteiger partial charge in [0.1, 0.15) is 0 Å². The lowest BCUT2D eigenvalue weighted by Gasteiger charge is -2.12. The zero-order chi connectivity index (χ0) is 8.67. The van der Waals surface area contributed by atoms with Crippen LogP contribution in [0.15, 0.2) is 5.38 Å². The molecule has 1 unspecified atom stereocenters. The fourth-order valence-electron chi connectivity index (χ4n) is 2.45. The number of aromatic nitrogens is 2. The first kappa shape index (κ1) is 7.88. The van der Waals surface area contributed by atoms with Crippen molar-refractivity contribution in [2.24, 2.45) is 11.8 Å². The SMILES string of the molecule is c1snnc1CNC1CC[C@@H]2C[C@H]12. The minimum Gasteiger partial charge on any atom is -0.308 e. The minimum atomic E-state index is 0.770. The third kappa shape index (κ3) is 1.48. The van der Waals surface area contributed by atoms with E-state index in [1.165, 1.54) is 30.8 Å². The van der Waals surface area contributed by atoms with E-state index >= 15 is 0 Å². The van der Waals surface area contributed by atoms with Gasteiger partial charge in [-0.05, 0) is 42.6 Å². The van der Waals surface area contributed by atoms with Crippen molar-refractivity contribution in [1.82, 2.24) is 14.9 Å². The molecule has 0 aliphatic heterocycles. The third-order valence-electron chi connectivity index (χ3n) is 3.29. The average molecular weight is 195 g/mol. The predicted octanol–water partition coefficient (Wildman–Crippen LogP) is 1.43. The minimum absolute atomic E-state index is 0.770. The molecular formula is C9H13N3S. The second-order valence-electron chi connectivity index (χ2n) is 4.12. The molecule has 3 rings (SSSR count). The van der Waals surface area contributed by atoms with Crippen LogP contribution in [0.1, 0.15) is 25.0 Å².